The SMILES string of the molecule is O=C1C2CCCN2C(=O)N1C1CNC1. The van der Waals surface area contributed by atoms with Crippen LogP contribution in [-0.2, 0) is 4.79 Å². The highest BCUT2D eigenvalue weighted by molar-refractivity contribution is 6.05. The summed E-state index contributed by atoms with van der Waals surface area (Å²) in [7, 11) is 0. The molecular formula is C9H13N3O2. The summed E-state index contributed by atoms with van der Waals surface area (Å²) in [5.74, 6) is 0.0269. The van der Waals surface area contributed by atoms with E-state index in [1.807, 2.05) is 0 Å². The summed E-state index contributed by atoms with van der Waals surface area (Å²) < 4.78 is 0. The van der Waals surface area contributed by atoms with Gasteiger partial charge in [0.25, 0.3) is 5.91 Å². The van der Waals surface area contributed by atoms with Crippen LogP contribution in [0.25, 0.3) is 0 Å². The van der Waals surface area contributed by atoms with Crippen LogP contribution in [-0.4, -0.2) is 53.5 Å². The molecule has 1 atom stereocenters. The van der Waals surface area contributed by atoms with E-state index in [9.17, 15) is 9.59 Å². The Morgan fingerprint density at radius 1 is 1.29 bits per heavy atom. The Hall–Kier alpha value is -1.10. The van der Waals surface area contributed by atoms with Crippen molar-refractivity contribution in [3.63, 3.8) is 0 Å². The second kappa shape index (κ2) is 2.70. The molecule has 5 nitrogen and oxygen atoms in total. The fraction of sp³-hybridized carbons (Fsp3) is 0.778. The average molecular weight is 195 g/mol. The number of hydrogen-bond acceptors (Lipinski definition) is 3. The second-order valence-electron chi connectivity index (χ2n) is 4.15. The van der Waals surface area contributed by atoms with Crippen LogP contribution in [0.15, 0.2) is 0 Å². The Morgan fingerprint density at radius 2 is 2.07 bits per heavy atom. The van der Waals surface area contributed by atoms with E-state index in [4.69, 9.17) is 0 Å². The van der Waals surface area contributed by atoms with Crippen molar-refractivity contribution in [1.82, 2.24) is 15.1 Å². The smallest absolute Gasteiger partial charge is 0.312 e. The maximum absolute atomic E-state index is 11.9. The largest absolute Gasteiger partial charge is 0.327 e. The van der Waals surface area contributed by atoms with Gasteiger partial charge < -0.3 is 10.2 Å². The molecule has 0 aliphatic carbocycles. The molecule has 0 aromatic rings. The van der Waals surface area contributed by atoms with Gasteiger partial charge in [-0.1, -0.05) is 0 Å². The number of fused-ring (bicyclic) bond motifs is 1. The third kappa shape index (κ3) is 0.877. The number of nitrogens with zero attached hydrogens (tertiary/aromatic N) is 2. The number of hydrogen-bond donors (Lipinski definition) is 1. The normalized spacial score (nSPS) is 32.4. The Bertz CT molecular complexity index is 278. The average Bonchev–Trinajstić information content (AvgIpc) is 2.62. The van der Waals surface area contributed by atoms with Gasteiger partial charge in [0.05, 0.1) is 6.04 Å². The second-order valence-corrected chi connectivity index (χ2v) is 4.15. The van der Waals surface area contributed by atoms with Gasteiger partial charge in [-0.2, -0.15) is 0 Å². The molecule has 3 heterocycles. The molecule has 3 aliphatic rings. The van der Waals surface area contributed by atoms with Crippen molar-refractivity contribution in [3.05, 3.63) is 0 Å². The summed E-state index contributed by atoms with van der Waals surface area (Å²) in [6.07, 6.45) is 1.82. The van der Waals surface area contributed by atoms with Crippen LogP contribution >= 0.6 is 0 Å². The first-order valence-corrected chi connectivity index (χ1v) is 5.13. The number of urea groups is 1. The summed E-state index contributed by atoms with van der Waals surface area (Å²) in [5.41, 5.74) is 0. The van der Waals surface area contributed by atoms with Crippen LogP contribution in [0.4, 0.5) is 4.79 Å². The molecule has 0 spiro atoms. The number of carbonyl (C=O) groups is 2. The molecule has 3 saturated heterocycles. The Labute approximate surface area is 82.0 Å². The fourth-order valence-electron chi connectivity index (χ4n) is 2.44. The monoisotopic (exact) mass is 195 g/mol. The highest BCUT2D eigenvalue weighted by Gasteiger charge is 2.50. The summed E-state index contributed by atoms with van der Waals surface area (Å²) in [6.45, 7) is 2.28. The molecule has 1 unspecified atom stereocenters. The Morgan fingerprint density at radius 3 is 2.64 bits per heavy atom. The van der Waals surface area contributed by atoms with Crippen LogP contribution in [0.5, 0.6) is 0 Å². The van der Waals surface area contributed by atoms with Gasteiger partial charge in [-0.15, -0.1) is 0 Å². The van der Waals surface area contributed by atoms with E-state index >= 15 is 0 Å². The van der Waals surface area contributed by atoms with Crippen LogP contribution in [0.2, 0.25) is 0 Å². The minimum Gasteiger partial charge on any atom is -0.312 e. The van der Waals surface area contributed by atoms with Gasteiger partial charge in [0.1, 0.15) is 6.04 Å². The van der Waals surface area contributed by atoms with Crippen LogP contribution in [0, 0.1) is 0 Å². The summed E-state index contributed by atoms with van der Waals surface area (Å²) in [5, 5.41) is 3.08. The molecule has 76 valence electrons. The van der Waals surface area contributed by atoms with Crippen molar-refractivity contribution in [2.75, 3.05) is 19.6 Å². The maximum atomic E-state index is 11.9. The van der Waals surface area contributed by atoms with Crippen LogP contribution in [0.1, 0.15) is 12.8 Å². The number of carbonyl (C=O) groups excluding carboxylic acids is 2. The van der Waals surface area contributed by atoms with E-state index in [2.05, 4.69) is 5.32 Å². The zero-order valence-electron chi connectivity index (χ0n) is 7.90. The first kappa shape index (κ1) is 8.23. The van der Waals surface area contributed by atoms with E-state index in [1.54, 1.807) is 4.90 Å². The van der Waals surface area contributed by atoms with Gasteiger partial charge >= 0.3 is 6.03 Å². The van der Waals surface area contributed by atoms with Crippen LogP contribution in [0.3, 0.4) is 0 Å². The number of imide groups is 1. The minimum absolute atomic E-state index is 0.0269. The van der Waals surface area contributed by atoms with E-state index in [0.29, 0.717) is 0 Å². The van der Waals surface area contributed by atoms with Crippen molar-refractivity contribution >= 4 is 11.9 Å². The highest BCUT2D eigenvalue weighted by atomic mass is 16.2. The first-order valence-electron chi connectivity index (χ1n) is 5.13. The van der Waals surface area contributed by atoms with Gasteiger partial charge in [0, 0.05) is 19.6 Å². The molecule has 0 radical (unpaired) electrons. The van der Waals surface area contributed by atoms with Gasteiger partial charge in [0.15, 0.2) is 0 Å². The third-order valence-corrected chi connectivity index (χ3v) is 3.35. The summed E-state index contributed by atoms with van der Waals surface area (Å²) in [4.78, 5) is 26.9. The highest BCUT2D eigenvalue weighted by Crippen LogP contribution is 2.29. The number of rotatable bonds is 1. The van der Waals surface area contributed by atoms with E-state index in [1.165, 1.54) is 4.90 Å². The summed E-state index contributed by atoms with van der Waals surface area (Å²) in [6, 6.07) is -0.0901. The molecule has 14 heavy (non-hydrogen) atoms. The standard InChI is InChI=1S/C9H13N3O2/c13-8-7-2-1-3-11(7)9(14)12(8)6-4-10-5-6/h6-7,10H,1-5H2. The molecule has 3 rings (SSSR count). The Kier molecular flexibility index (Phi) is 1.58. The quantitative estimate of drug-likeness (QED) is 0.568. The van der Waals surface area contributed by atoms with Crippen molar-refractivity contribution in [2.45, 2.75) is 24.9 Å². The van der Waals surface area contributed by atoms with Crippen molar-refractivity contribution in [2.24, 2.45) is 0 Å². The van der Waals surface area contributed by atoms with Crippen molar-refractivity contribution in [3.8, 4) is 0 Å². The van der Waals surface area contributed by atoms with Gasteiger partial charge in [-0.05, 0) is 12.8 Å². The lowest BCUT2D eigenvalue weighted by molar-refractivity contribution is -0.130. The fourth-order valence-corrected chi connectivity index (χ4v) is 2.44. The van der Waals surface area contributed by atoms with Crippen LogP contribution < -0.4 is 5.32 Å². The van der Waals surface area contributed by atoms with Crippen molar-refractivity contribution < 1.29 is 9.59 Å². The lowest BCUT2D eigenvalue weighted by atomic mass is 10.1. The topological polar surface area (TPSA) is 52.7 Å². The zero-order chi connectivity index (χ0) is 9.71. The predicted molar refractivity (Wildman–Crippen MR) is 48.6 cm³/mol. The molecule has 0 saturated carbocycles. The van der Waals surface area contributed by atoms with E-state index in [0.717, 1.165) is 32.5 Å². The molecule has 3 amide bonds. The first-order chi connectivity index (χ1) is 6.79. The van der Waals surface area contributed by atoms with Gasteiger partial charge in [-0.3, -0.25) is 9.69 Å². The molecule has 0 bridgehead atoms. The predicted octanol–water partition coefficient (Wildman–Crippen LogP) is -0.615. The molecule has 0 aromatic heterocycles. The third-order valence-electron chi connectivity index (χ3n) is 3.35. The lowest BCUT2D eigenvalue weighted by Gasteiger charge is -2.33. The molecule has 0 aromatic carbocycles. The van der Waals surface area contributed by atoms with Gasteiger partial charge in [-0.25, -0.2) is 4.79 Å². The molecule has 3 fully saturated rings. The van der Waals surface area contributed by atoms with E-state index < -0.39 is 0 Å². The Balaban J connectivity index is 1.86. The lowest BCUT2D eigenvalue weighted by Crippen LogP contribution is -2.59. The minimum atomic E-state index is -0.136. The van der Waals surface area contributed by atoms with Crippen molar-refractivity contribution in [1.29, 1.82) is 0 Å². The number of nitrogens with one attached hydrogen (secondary N) is 1. The zero-order valence-corrected chi connectivity index (χ0v) is 7.90. The summed E-state index contributed by atoms with van der Waals surface area (Å²) >= 11 is 0. The van der Waals surface area contributed by atoms with E-state index in [-0.39, 0.29) is 24.0 Å². The molecule has 3 aliphatic heterocycles. The maximum Gasteiger partial charge on any atom is 0.327 e. The molecular weight excluding hydrogens is 182 g/mol. The molecule has 5 heteroatoms. The number of amides is 3. The van der Waals surface area contributed by atoms with Gasteiger partial charge in [0.2, 0.25) is 0 Å². The molecule has 1 N–H and O–H groups in total.